The van der Waals surface area contributed by atoms with Gasteiger partial charge < -0.3 is 0 Å². The molecule has 2 aromatic carbocycles. The summed E-state index contributed by atoms with van der Waals surface area (Å²) in [5.41, 5.74) is -0.442. The molecular formula is C15H8F4. The standard InChI is InChI=1S/C15H8F4/c1-2-10-6-8-11(9-7-10)12-4-3-5-13(14(12)16)15(17,18)19/h1,3-9H. The monoisotopic (exact) mass is 264 g/mol. The smallest absolute Gasteiger partial charge is 0.206 e. The van der Waals surface area contributed by atoms with Gasteiger partial charge in [0.1, 0.15) is 5.82 Å². The summed E-state index contributed by atoms with van der Waals surface area (Å²) >= 11 is 0. The van der Waals surface area contributed by atoms with Crippen molar-refractivity contribution in [1.29, 1.82) is 0 Å². The van der Waals surface area contributed by atoms with E-state index in [-0.39, 0.29) is 5.56 Å². The number of rotatable bonds is 1. The van der Waals surface area contributed by atoms with Gasteiger partial charge in [0, 0.05) is 11.1 Å². The fourth-order valence-corrected chi connectivity index (χ4v) is 1.72. The van der Waals surface area contributed by atoms with Gasteiger partial charge in [-0.2, -0.15) is 13.2 Å². The predicted molar refractivity (Wildman–Crippen MR) is 64.8 cm³/mol. The number of terminal acetylenes is 1. The first-order valence-electron chi connectivity index (χ1n) is 5.36. The second-order valence-electron chi connectivity index (χ2n) is 3.89. The van der Waals surface area contributed by atoms with Crippen molar-refractivity contribution in [3.05, 3.63) is 59.4 Å². The third kappa shape index (κ3) is 2.60. The molecule has 0 aliphatic carbocycles. The molecule has 0 aromatic heterocycles. The highest BCUT2D eigenvalue weighted by molar-refractivity contribution is 5.66. The lowest BCUT2D eigenvalue weighted by molar-refractivity contribution is -0.139. The van der Waals surface area contributed by atoms with Crippen molar-refractivity contribution in [2.24, 2.45) is 0 Å². The SMILES string of the molecule is C#Cc1ccc(-c2cccc(C(F)(F)F)c2F)cc1. The van der Waals surface area contributed by atoms with E-state index in [9.17, 15) is 17.6 Å². The van der Waals surface area contributed by atoms with Gasteiger partial charge in [-0.05, 0) is 23.8 Å². The van der Waals surface area contributed by atoms with Gasteiger partial charge in [-0.25, -0.2) is 4.39 Å². The maximum atomic E-state index is 13.9. The molecule has 4 heteroatoms. The normalized spacial score (nSPS) is 11.1. The van der Waals surface area contributed by atoms with Crippen LogP contribution < -0.4 is 0 Å². The highest BCUT2D eigenvalue weighted by Crippen LogP contribution is 2.35. The molecule has 19 heavy (non-hydrogen) atoms. The lowest BCUT2D eigenvalue weighted by Crippen LogP contribution is -2.08. The molecule has 0 nitrogen and oxygen atoms in total. The Bertz CT molecular complexity index is 631. The number of hydrogen-bond donors (Lipinski definition) is 0. The van der Waals surface area contributed by atoms with Crippen LogP contribution in [0.3, 0.4) is 0 Å². The highest BCUT2D eigenvalue weighted by atomic mass is 19.4. The molecule has 0 atom stereocenters. The molecule has 0 saturated heterocycles. The molecule has 0 aliphatic rings. The topological polar surface area (TPSA) is 0 Å². The van der Waals surface area contributed by atoms with Crippen LogP contribution in [0.5, 0.6) is 0 Å². The van der Waals surface area contributed by atoms with E-state index in [4.69, 9.17) is 6.42 Å². The summed E-state index contributed by atoms with van der Waals surface area (Å²) in [5, 5.41) is 0. The largest absolute Gasteiger partial charge is 0.419 e. The summed E-state index contributed by atoms with van der Waals surface area (Å²) < 4.78 is 51.7. The van der Waals surface area contributed by atoms with Crippen LogP contribution in [-0.4, -0.2) is 0 Å². The van der Waals surface area contributed by atoms with E-state index in [2.05, 4.69) is 5.92 Å². The van der Waals surface area contributed by atoms with Crippen LogP contribution in [0.2, 0.25) is 0 Å². The van der Waals surface area contributed by atoms with Gasteiger partial charge in [0.25, 0.3) is 0 Å². The van der Waals surface area contributed by atoms with Crippen LogP contribution in [0.15, 0.2) is 42.5 Å². The molecule has 0 radical (unpaired) electrons. The van der Waals surface area contributed by atoms with E-state index >= 15 is 0 Å². The minimum absolute atomic E-state index is 0.0987. The molecule has 96 valence electrons. The third-order valence-electron chi connectivity index (χ3n) is 2.67. The summed E-state index contributed by atoms with van der Waals surface area (Å²) in [6, 6.07) is 9.28. The maximum Gasteiger partial charge on any atom is 0.419 e. The Morgan fingerprint density at radius 3 is 2.11 bits per heavy atom. The summed E-state index contributed by atoms with van der Waals surface area (Å²) in [5.74, 6) is 1.11. The number of benzene rings is 2. The van der Waals surface area contributed by atoms with Crippen molar-refractivity contribution in [3.63, 3.8) is 0 Å². The lowest BCUT2D eigenvalue weighted by atomic mass is 10.0. The highest BCUT2D eigenvalue weighted by Gasteiger charge is 2.34. The molecule has 2 aromatic rings. The van der Waals surface area contributed by atoms with E-state index in [0.29, 0.717) is 17.2 Å². The van der Waals surface area contributed by atoms with Gasteiger partial charge in [0.15, 0.2) is 0 Å². The van der Waals surface area contributed by atoms with E-state index in [1.54, 1.807) is 12.1 Å². The molecular weight excluding hydrogens is 256 g/mol. The maximum absolute atomic E-state index is 13.9. The van der Waals surface area contributed by atoms with Crippen LogP contribution in [0, 0.1) is 18.2 Å². The van der Waals surface area contributed by atoms with Gasteiger partial charge in [-0.15, -0.1) is 6.42 Å². The van der Waals surface area contributed by atoms with Crippen molar-refractivity contribution < 1.29 is 17.6 Å². The van der Waals surface area contributed by atoms with E-state index in [0.717, 1.165) is 0 Å². The average molecular weight is 264 g/mol. The summed E-state index contributed by atoms with van der Waals surface area (Å²) in [4.78, 5) is 0. The summed E-state index contributed by atoms with van der Waals surface area (Å²) in [7, 11) is 0. The molecule has 0 unspecified atom stereocenters. The van der Waals surface area contributed by atoms with E-state index in [1.807, 2.05) is 0 Å². The van der Waals surface area contributed by atoms with Crippen LogP contribution >= 0.6 is 0 Å². The van der Waals surface area contributed by atoms with Gasteiger partial charge in [-0.1, -0.05) is 30.2 Å². The van der Waals surface area contributed by atoms with E-state index < -0.39 is 17.6 Å². The Morgan fingerprint density at radius 1 is 0.947 bits per heavy atom. The summed E-state index contributed by atoms with van der Waals surface area (Å²) in [6.45, 7) is 0. The number of alkyl halides is 3. The Labute approximate surface area is 107 Å². The van der Waals surface area contributed by atoms with Crippen molar-refractivity contribution >= 4 is 0 Å². The second-order valence-corrected chi connectivity index (χ2v) is 3.89. The zero-order chi connectivity index (χ0) is 14.0. The first-order chi connectivity index (χ1) is 8.93. The van der Waals surface area contributed by atoms with Crippen LogP contribution in [0.4, 0.5) is 17.6 Å². The first-order valence-corrected chi connectivity index (χ1v) is 5.36. The number of halogens is 4. The molecule has 0 spiro atoms. The van der Waals surface area contributed by atoms with Crippen LogP contribution in [0.1, 0.15) is 11.1 Å². The Hall–Kier alpha value is -2.28. The molecule has 0 fully saturated rings. The molecule has 0 heterocycles. The minimum atomic E-state index is -4.71. The van der Waals surface area contributed by atoms with Gasteiger partial charge in [0.2, 0.25) is 0 Å². The van der Waals surface area contributed by atoms with Crippen molar-refractivity contribution in [2.45, 2.75) is 6.18 Å². The van der Waals surface area contributed by atoms with Gasteiger partial charge in [-0.3, -0.25) is 0 Å². The third-order valence-corrected chi connectivity index (χ3v) is 2.67. The fraction of sp³-hybridized carbons (Fsp3) is 0.0667. The molecule has 0 saturated carbocycles. The van der Waals surface area contributed by atoms with Crippen molar-refractivity contribution in [1.82, 2.24) is 0 Å². The zero-order valence-corrected chi connectivity index (χ0v) is 9.63. The fourth-order valence-electron chi connectivity index (χ4n) is 1.72. The van der Waals surface area contributed by atoms with Crippen LogP contribution in [-0.2, 0) is 6.18 Å². The van der Waals surface area contributed by atoms with Crippen molar-refractivity contribution in [2.75, 3.05) is 0 Å². The molecule has 2 rings (SSSR count). The number of hydrogen-bond acceptors (Lipinski definition) is 0. The quantitative estimate of drug-likeness (QED) is 0.525. The lowest BCUT2D eigenvalue weighted by Gasteiger charge is -2.11. The Balaban J connectivity index is 2.54. The minimum Gasteiger partial charge on any atom is -0.206 e. The van der Waals surface area contributed by atoms with Crippen molar-refractivity contribution in [3.8, 4) is 23.5 Å². The molecule has 0 bridgehead atoms. The molecule has 0 amide bonds. The second kappa shape index (κ2) is 4.77. The first kappa shape index (κ1) is 13.2. The van der Waals surface area contributed by atoms with Gasteiger partial charge in [0.05, 0.1) is 5.56 Å². The Kier molecular flexibility index (Phi) is 3.30. The molecule has 0 N–H and O–H groups in total. The van der Waals surface area contributed by atoms with E-state index in [1.165, 1.54) is 24.3 Å². The molecule has 0 aliphatic heterocycles. The zero-order valence-electron chi connectivity index (χ0n) is 9.63. The predicted octanol–water partition coefficient (Wildman–Crippen LogP) is 4.49. The van der Waals surface area contributed by atoms with Crippen LogP contribution in [0.25, 0.3) is 11.1 Å². The summed E-state index contributed by atoms with van der Waals surface area (Å²) in [6.07, 6.45) is 0.467. The average Bonchev–Trinajstić information content (AvgIpc) is 2.38. The Morgan fingerprint density at radius 2 is 1.58 bits per heavy atom. The van der Waals surface area contributed by atoms with Gasteiger partial charge >= 0.3 is 6.18 Å².